The van der Waals surface area contributed by atoms with Gasteiger partial charge in [0.05, 0.1) is 0 Å². The first-order valence-corrected chi connectivity index (χ1v) is 7.04. The van der Waals surface area contributed by atoms with Crippen molar-refractivity contribution in [3.63, 3.8) is 0 Å². The first-order chi connectivity index (χ1) is 8.20. The number of nitrogens with zero attached hydrogens (tertiary/aromatic N) is 2. The van der Waals surface area contributed by atoms with Crippen molar-refractivity contribution in [2.24, 2.45) is 11.7 Å². The van der Waals surface area contributed by atoms with Gasteiger partial charge in [-0.2, -0.15) is 0 Å². The Balaban J connectivity index is 2.15. The van der Waals surface area contributed by atoms with Crippen LogP contribution in [0.15, 0.2) is 22.9 Å². The Morgan fingerprint density at radius 2 is 2.41 bits per heavy atom. The highest BCUT2D eigenvalue weighted by molar-refractivity contribution is 9.10. The van der Waals surface area contributed by atoms with Gasteiger partial charge in [-0.25, -0.2) is 0 Å². The molecule has 0 saturated carbocycles. The molecule has 1 aromatic heterocycles. The molecule has 1 fully saturated rings. The number of pyridine rings is 1. The molecule has 2 atom stereocenters. The molecule has 1 aliphatic heterocycles. The fraction of sp³-hybridized carbons (Fsp3) is 0.615. The quantitative estimate of drug-likeness (QED) is 0.932. The first kappa shape index (κ1) is 13.0. The average Bonchev–Trinajstić information content (AvgIpc) is 2.30. The second kappa shape index (κ2) is 5.94. The normalized spacial score (nSPS) is 23.6. The van der Waals surface area contributed by atoms with Crippen LogP contribution in [0.5, 0.6) is 0 Å². The maximum absolute atomic E-state index is 5.95. The maximum Gasteiger partial charge on any atom is 0.0486 e. The van der Waals surface area contributed by atoms with Crippen LogP contribution in [0.25, 0.3) is 0 Å². The van der Waals surface area contributed by atoms with E-state index in [4.69, 9.17) is 5.73 Å². The molecule has 4 heteroatoms. The van der Waals surface area contributed by atoms with E-state index in [1.54, 1.807) is 0 Å². The van der Waals surface area contributed by atoms with Gasteiger partial charge in [0.25, 0.3) is 0 Å². The van der Waals surface area contributed by atoms with Gasteiger partial charge in [0, 0.05) is 36.0 Å². The molecule has 94 valence electrons. The van der Waals surface area contributed by atoms with Gasteiger partial charge in [0.15, 0.2) is 0 Å². The molecule has 3 nitrogen and oxygen atoms in total. The molecule has 1 aromatic rings. The molecule has 0 unspecified atom stereocenters. The van der Waals surface area contributed by atoms with Crippen LogP contribution in [0, 0.1) is 5.92 Å². The second-order valence-corrected chi connectivity index (χ2v) is 5.85. The first-order valence-electron chi connectivity index (χ1n) is 6.25. The molecular formula is C13H20BrN3. The Morgan fingerprint density at radius 3 is 3.06 bits per heavy atom. The summed E-state index contributed by atoms with van der Waals surface area (Å²) in [5, 5.41) is 0. The van der Waals surface area contributed by atoms with Crippen molar-refractivity contribution in [1.29, 1.82) is 0 Å². The van der Waals surface area contributed by atoms with Crippen LogP contribution in [0.3, 0.4) is 0 Å². The summed E-state index contributed by atoms with van der Waals surface area (Å²) in [5.41, 5.74) is 7.16. The van der Waals surface area contributed by atoms with Gasteiger partial charge in [-0.1, -0.05) is 6.92 Å². The molecule has 17 heavy (non-hydrogen) atoms. The number of rotatable bonds is 3. The molecule has 1 saturated heterocycles. The van der Waals surface area contributed by atoms with Gasteiger partial charge >= 0.3 is 0 Å². The Kier molecular flexibility index (Phi) is 4.54. The minimum Gasteiger partial charge on any atom is -0.329 e. The van der Waals surface area contributed by atoms with Crippen LogP contribution < -0.4 is 5.73 Å². The predicted octanol–water partition coefficient (Wildman–Crippen LogP) is 2.58. The molecule has 0 aliphatic carbocycles. The summed E-state index contributed by atoms with van der Waals surface area (Å²) in [7, 11) is 0. The highest BCUT2D eigenvalue weighted by atomic mass is 79.9. The predicted molar refractivity (Wildman–Crippen MR) is 73.7 cm³/mol. The van der Waals surface area contributed by atoms with Gasteiger partial charge in [-0.3, -0.25) is 9.88 Å². The van der Waals surface area contributed by atoms with Crippen molar-refractivity contribution < 1.29 is 0 Å². The number of hydrogen-bond donors (Lipinski definition) is 1. The van der Waals surface area contributed by atoms with Crippen molar-refractivity contribution in [2.75, 3.05) is 19.6 Å². The third-order valence-corrected chi connectivity index (χ3v) is 3.90. The molecule has 2 rings (SSSR count). The van der Waals surface area contributed by atoms with Crippen LogP contribution in [0.4, 0.5) is 0 Å². The minimum absolute atomic E-state index is 0.308. The lowest BCUT2D eigenvalue weighted by molar-refractivity contribution is 0.133. The molecule has 0 radical (unpaired) electrons. The van der Waals surface area contributed by atoms with E-state index in [-0.39, 0.29) is 0 Å². The largest absolute Gasteiger partial charge is 0.329 e. The Labute approximate surface area is 112 Å². The van der Waals surface area contributed by atoms with E-state index < -0.39 is 0 Å². The van der Waals surface area contributed by atoms with E-state index in [2.05, 4.69) is 38.8 Å². The summed E-state index contributed by atoms with van der Waals surface area (Å²) in [6.07, 6.45) is 6.36. The molecule has 2 heterocycles. The summed E-state index contributed by atoms with van der Waals surface area (Å²) in [5.74, 6) is 0.776. The monoisotopic (exact) mass is 297 g/mol. The lowest BCUT2D eigenvalue weighted by Crippen LogP contribution is -2.40. The van der Waals surface area contributed by atoms with E-state index in [0.29, 0.717) is 12.6 Å². The highest BCUT2D eigenvalue weighted by Gasteiger charge is 2.24. The second-order valence-electron chi connectivity index (χ2n) is 4.93. The van der Waals surface area contributed by atoms with E-state index in [1.807, 2.05) is 12.4 Å². The maximum atomic E-state index is 5.95. The fourth-order valence-corrected chi connectivity index (χ4v) is 3.00. The van der Waals surface area contributed by atoms with Crippen molar-refractivity contribution in [1.82, 2.24) is 9.88 Å². The van der Waals surface area contributed by atoms with Gasteiger partial charge in [0.1, 0.15) is 0 Å². The SMILES string of the molecule is C[C@@H]1CCCN([C@@H](CN)c2cncc(Br)c2)C1. The lowest BCUT2D eigenvalue weighted by Gasteiger charge is -2.36. The third kappa shape index (κ3) is 3.27. The molecule has 0 bridgehead atoms. The van der Waals surface area contributed by atoms with Crippen molar-refractivity contribution in [2.45, 2.75) is 25.8 Å². The summed E-state index contributed by atoms with van der Waals surface area (Å²) in [4.78, 5) is 6.74. The average molecular weight is 298 g/mol. The van der Waals surface area contributed by atoms with Crippen LogP contribution in [-0.2, 0) is 0 Å². The van der Waals surface area contributed by atoms with Crippen molar-refractivity contribution in [3.05, 3.63) is 28.5 Å². The standard InChI is InChI=1S/C13H20BrN3/c1-10-3-2-4-17(9-10)13(6-15)11-5-12(14)8-16-7-11/h5,7-8,10,13H,2-4,6,9,15H2,1H3/t10-,13+/m1/s1. The summed E-state index contributed by atoms with van der Waals surface area (Å²) >= 11 is 3.47. The Hall–Kier alpha value is -0.450. The zero-order valence-electron chi connectivity index (χ0n) is 10.3. The number of aromatic nitrogens is 1. The van der Waals surface area contributed by atoms with Crippen LogP contribution in [0.2, 0.25) is 0 Å². The smallest absolute Gasteiger partial charge is 0.0486 e. The van der Waals surface area contributed by atoms with Gasteiger partial charge < -0.3 is 5.73 Å². The number of halogens is 1. The summed E-state index contributed by atoms with van der Waals surface area (Å²) in [6.45, 7) is 5.27. The van der Waals surface area contributed by atoms with Crippen LogP contribution >= 0.6 is 15.9 Å². The summed E-state index contributed by atoms with van der Waals surface area (Å²) < 4.78 is 1.03. The van der Waals surface area contributed by atoms with Gasteiger partial charge in [-0.15, -0.1) is 0 Å². The van der Waals surface area contributed by atoms with E-state index in [0.717, 1.165) is 23.5 Å². The van der Waals surface area contributed by atoms with Gasteiger partial charge in [-0.05, 0) is 52.9 Å². The molecule has 1 aliphatic rings. The molecule has 0 spiro atoms. The van der Waals surface area contributed by atoms with Crippen LogP contribution in [-0.4, -0.2) is 29.5 Å². The molecule has 2 N–H and O–H groups in total. The van der Waals surface area contributed by atoms with Crippen molar-refractivity contribution in [3.8, 4) is 0 Å². The highest BCUT2D eigenvalue weighted by Crippen LogP contribution is 2.26. The van der Waals surface area contributed by atoms with Crippen LogP contribution in [0.1, 0.15) is 31.4 Å². The minimum atomic E-state index is 0.308. The number of likely N-dealkylation sites (tertiary alicyclic amines) is 1. The zero-order chi connectivity index (χ0) is 12.3. The summed E-state index contributed by atoms with van der Waals surface area (Å²) in [6, 6.07) is 2.44. The number of hydrogen-bond acceptors (Lipinski definition) is 3. The van der Waals surface area contributed by atoms with Gasteiger partial charge in [0.2, 0.25) is 0 Å². The molecular weight excluding hydrogens is 278 g/mol. The topological polar surface area (TPSA) is 42.1 Å². The number of piperidine rings is 1. The Bertz CT molecular complexity index is 369. The van der Waals surface area contributed by atoms with E-state index in [9.17, 15) is 0 Å². The van der Waals surface area contributed by atoms with E-state index in [1.165, 1.54) is 18.4 Å². The molecule has 0 amide bonds. The lowest BCUT2D eigenvalue weighted by atomic mass is 9.97. The number of nitrogens with two attached hydrogens (primary N) is 1. The Morgan fingerprint density at radius 1 is 1.59 bits per heavy atom. The zero-order valence-corrected chi connectivity index (χ0v) is 11.9. The third-order valence-electron chi connectivity index (χ3n) is 3.46. The fourth-order valence-electron chi connectivity index (χ4n) is 2.62. The van der Waals surface area contributed by atoms with Crippen molar-refractivity contribution >= 4 is 15.9 Å². The van der Waals surface area contributed by atoms with E-state index >= 15 is 0 Å². The molecule has 0 aromatic carbocycles.